The molecule has 0 aromatic heterocycles. The van der Waals surface area contributed by atoms with E-state index in [4.69, 9.17) is 0 Å². The molecule has 2 aliphatic rings. The summed E-state index contributed by atoms with van der Waals surface area (Å²) in [5.41, 5.74) is 1.95. The van der Waals surface area contributed by atoms with Crippen LogP contribution in [0.15, 0.2) is 24.3 Å². The van der Waals surface area contributed by atoms with E-state index in [-0.39, 0.29) is 17.9 Å². The van der Waals surface area contributed by atoms with E-state index in [0.717, 1.165) is 36.7 Å². The highest BCUT2D eigenvalue weighted by atomic mass is 16.2. The number of amides is 2. The van der Waals surface area contributed by atoms with Crippen molar-refractivity contribution in [2.24, 2.45) is 5.92 Å². The highest BCUT2D eigenvalue weighted by Gasteiger charge is 2.23. The second-order valence-electron chi connectivity index (χ2n) is 6.61. The van der Waals surface area contributed by atoms with Crippen LogP contribution in [0.4, 0.5) is 5.69 Å². The van der Waals surface area contributed by atoms with E-state index in [0.29, 0.717) is 13.0 Å². The molecule has 2 N–H and O–H groups in total. The zero-order valence-corrected chi connectivity index (χ0v) is 13.7. The lowest BCUT2D eigenvalue weighted by molar-refractivity contribution is -0.121. The van der Waals surface area contributed by atoms with E-state index in [1.807, 2.05) is 36.1 Å². The molecule has 1 unspecified atom stereocenters. The first kappa shape index (κ1) is 16.0. The van der Waals surface area contributed by atoms with Crippen molar-refractivity contribution in [3.8, 4) is 0 Å². The maximum atomic E-state index is 12.0. The summed E-state index contributed by atoms with van der Waals surface area (Å²) in [5, 5.41) is 6.22. The Kier molecular flexibility index (Phi) is 4.96. The number of carbonyl (C=O) groups excluding carboxylic acids is 2. The highest BCUT2D eigenvalue weighted by Crippen LogP contribution is 2.27. The van der Waals surface area contributed by atoms with Crippen molar-refractivity contribution in [2.45, 2.75) is 38.6 Å². The second kappa shape index (κ2) is 7.13. The van der Waals surface area contributed by atoms with Gasteiger partial charge in [0.15, 0.2) is 0 Å². The number of carbonyl (C=O) groups is 2. The molecule has 1 heterocycles. The van der Waals surface area contributed by atoms with Crippen LogP contribution in [0.5, 0.6) is 0 Å². The Morgan fingerprint density at radius 1 is 1.39 bits per heavy atom. The van der Waals surface area contributed by atoms with Crippen LogP contribution in [0, 0.1) is 5.92 Å². The van der Waals surface area contributed by atoms with Gasteiger partial charge in [0, 0.05) is 18.7 Å². The van der Waals surface area contributed by atoms with Crippen LogP contribution < -0.4 is 15.5 Å². The first-order valence-corrected chi connectivity index (χ1v) is 8.54. The molecule has 1 saturated carbocycles. The molecule has 2 amide bonds. The Bertz CT molecular complexity index is 583. The van der Waals surface area contributed by atoms with Crippen molar-refractivity contribution in [3.63, 3.8) is 0 Å². The molecule has 124 valence electrons. The molecule has 3 rings (SSSR count). The number of hydrogen-bond donors (Lipinski definition) is 2. The molecular weight excluding hydrogens is 290 g/mol. The molecule has 1 aliphatic carbocycles. The Balaban J connectivity index is 1.54. The average molecular weight is 315 g/mol. The lowest BCUT2D eigenvalue weighted by Gasteiger charge is -2.19. The van der Waals surface area contributed by atoms with Gasteiger partial charge < -0.3 is 15.5 Å². The first-order valence-electron chi connectivity index (χ1n) is 8.54. The van der Waals surface area contributed by atoms with Crippen molar-refractivity contribution < 1.29 is 9.59 Å². The monoisotopic (exact) mass is 315 g/mol. The quantitative estimate of drug-likeness (QED) is 0.809. The molecule has 23 heavy (non-hydrogen) atoms. The average Bonchev–Trinajstić information content (AvgIpc) is 3.26. The van der Waals surface area contributed by atoms with Gasteiger partial charge in [0.05, 0.1) is 12.6 Å². The van der Waals surface area contributed by atoms with Crippen LogP contribution in [-0.4, -0.2) is 31.4 Å². The molecule has 1 saturated heterocycles. The molecule has 5 nitrogen and oxygen atoms in total. The van der Waals surface area contributed by atoms with Crippen LogP contribution in [0.1, 0.15) is 44.2 Å². The van der Waals surface area contributed by atoms with Gasteiger partial charge in [-0.2, -0.15) is 0 Å². The van der Waals surface area contributed by atoms with Crippen molar-refractivity contribution >= 4 is 17.5 Å². The maximum Gasteiger partial charge on any atom is 0.234 e. The molecular formula is C18H25N3O2. The molecule has 1 aromatic carbocycles. The molecule has 0 radical (unpaired) electrons. The normalized spacial score (nSPS) is 19.0. The number of benzene rings is 1. The summed E-state index contributed by atoms with van der Waals surface area (Å²) in [5.74, 6) is 0.971. The smallest absolute Gasteiger partial charge is 0.234 e. The fraction of sp³-hybridized carbons (Fsp3) is 0.556. The molecule has 0 spiro atoms. The molecule has 1 atom stereocenters. The summed E-state index contributed by atoms with van der Waals surface area (Å²) >= 11 is 0. The summed E-state index contributed by atoms with van der Waals surface area (Å²) in [7, 11) is 0. The second-order valence-corrected chi connectivity index (χ2v) is 6.61. The minimum Gasteiger partial charge on any atom is -0.348 e. The minimum atomic E-state index is -0.0668. The summed E-state index contributed by atoms with van der Waals surface area (Å²) < 4.78 is 0. The number of hydrogen-bond acceptors (Lipinski definition) is 3. The van der Waals surface area contributed by atoms with Gasteiger partial charge in [0.2, 0.25) is 11.8 Å². The van der Waals surface area contributed by atoms with E-state index >= 15 is 0 Å². The minimum absolute atomic E-state index is 0.0146. The first-order chi connectivity index (χ1) is 11.1. The van der Waals surface area contributed by atoms with Gasteiger partial charge in [-0.1, -0.05) is 12.1 Å². The summed E-state index contributed by atoms with van der Waals surface area (Å²) in [4.78, 5) is 25.7. The predicted octanol–water partition coefficient (Wildman–Crippen LogP) is 1.99. The lowest BCUT2D eigenvalue weighted by atomic mass is 10.1. The fourth-order valence-electron chi connectivity index (χ4n) is 2.97. The number of rotatable bonds is 7. The number of nitrogens with one attached hydrogen (secondary N) is 2. The van der Waals surface area contributed by atoms with Crippen LogP contribution in [0.2, 0.25) is 0 Å². The van der Waals surface area contributed by atoms with E-state index < -0.39 is 0 Å². The van der Waals surface area contributed by atoms with Crippen LogP contribution in [0.3, 0.4) is 0 Å². The van der Waals surface area contributed by atoms with Crippen LogP contribution in [0.25, 0.3) is 0 Å². The van der Waals surface area contributed by atoms with Crippen molar-refractivity contribution in [1.82, 2.24) is 10.6 Å². The fourth-order valence-corrected chi connectivity index (χ4v) is 2.97. The van der Waals surface area contributed by atoms with Crippen LogP contribution in [-0.2, 0) is 9.59 Å². The third kappa shape index (κ3) is 4.32. The van der Waals surface area contributed by atoms with Gasteiger partial charge in [0.25, 0.3) is 0 Å². The Morgan fingerprint density at radius 2 is 2.22 bits per heavy atom. The maximum absolute atomic E-state index is 12.0. The van der Waals surface area contributed by atoms with Gasteiger partial charge in [-0.05, 0) is 56.3 Å². The highest BCUT2D eigenvalue weighted by molar-refractivity contribution is 5.95. The Morgan fingerprint density at radius 3 is 2.91 bits per heavy atom. The molecule has 2 fully saturated rings. The molecule has 5 heteroatoms. The van der Waals surface area contributed by atoms with E-state index in [2.05, 4.69) is 10.6 Å². The molecule has 1 aliphatic heterocycles. The summed E-state index contributed by atoms with van der Waals surface area (Å²) in [6.45, 7) is 4.07. The van der Waals surface area contributed by atoms with E-state index in [1.54, 1.807) is 0 Å². The van der Waals surface area contributed by atoms with Crippen LogP contribution >= 0.6 is 0 Å². The van der Waals surface area contributed by atoms with Gasteiger partial charge in [-0.3, -0.25) is 9.59 Å². The van der Waals surface area contributed by atoms with Gasteiger partial charge >= 0.3 is 0 Å². The standard InChI is InChI=1S/C18H25N3O2/c1-13(20-17(22)12-19-11-14-7-8-14)15-4-2-5-16(10-15)21-9-3-6-18(21)23/h2,4-5,10,13-14,19H,3,6-9,11-12H2,1H3,(H,20,22). The van der Waals surface area contributed by atoms with Gasteiger partial charge in [-0.15, -0.1) is 0 Å². The predicted molar refractivity (Wildman–Crippen MR) is 90.2 cm³/mol. The molecule has 0 bridgehead atoms. The van der Waals surface area contributed by atoms with Crippen molar-refractivity contribution in [2.75, 3.05) is 24.5 Å². The summed E-state index contributed by atoms with van der Waals surface area (Å²) in [6.07, 6.45) is 4.12. The van der Waals surface area contributed by atoms with Gasteiger partial charge in [-0.25, -0.2) is 0 Å². The SMILES string of the molecule is CC(NC(=O)CNCC1CC1)c1cccc(N2CCCC2=O)c1. The largest absolute Gasteiger partial charge is 0.348 e. The lowest BCUT2D eigenvalue weighted by Crippen LogP contribution is -2.36. The Hall–Kier alpha value is -1.88. The van der Waals surface area contributed by atoms with E-state index in [1.165, 1.54) is 12.8 Å². The number of nitrogens with zero attached hydrogens (tertiary/aromatic N) is 1. The zero-order chi connectivity index (χ0) is 16.2. The number of anilines is 1. The summed E-state index contributed by atoms with van der Waals surface area (Å²) in [6, 6.07) is 7.84. The van der Waals surface area contributed by atoms with Gasteiger partial charge in [0.1, 0.15) is 0 Å². The zero-order valence-electron chi connectivity index (χ0n) is 13.7. The van der Waals surface area contributed by atoms with E-state index in [9.17, 15) is 9.59 Å². The molecule has 1 aromatic rings. The third-order valence-corrected chi connectivity index (χ3v) is 4.55. The third-order valence-electron chi connectivity index (χ3n) is 4.55. The topological polar surface area (TPSA) is 61.4 Å². The Labute approximate surface area is 137 Å². The van der Waals surface area contributed by atoms with Crippen molar-refractivity contribution in [3.05, 3.63) is 29.8 Å². The van der Waals surface area contributed by atoms with Crippen molar-refractivity contribution in [1.29, 1.82) is 0 Å².